The van der Waals surface area contributed by atoms with Crippen LogP contribution >= 0.6 is 0 Å². The Kier molecular flexibility index (Phi) is 2.89. The maximum atomic E-state index is 10.3. The molecule has 0 rings (SSSR count). The first-order valence-corrected chi connectivity index (χ1v) is 2.33. The predicted molar refractivity (Wildman–Crippen MR) is 30.0 cm³/mol. The van der Waals surface area contributed by atoms with Crippen LogP contribution in [0.5, 0.6) is 0 Å². The van der Waals surface area contributed by atoms with Crippen molar-refractivity contribution < 1.29 is 19.5 Å². The van der Waals surface area contributed by atoms with Crippen LogP contribution in [-0.4, -0.2) is 23.0 Å². The van der Waals surface area contributed by atoms with Gasteiger partial charge in [-0.3, -0.25) is 14.9 Å². The normalized spacial score (nSPS) is 8.40. The van der Waals surface area contributed by atoms with Gasteiger partial charge in [0.25, 0.3) is 0 Å². The zero-order chi connectivity index (χ0) is 8.15. The highest BCUT2D eigenvalue weighted by molar-refractivity contribution is 6.01. The van der Waals surface area contributed by atoms with Gasteiger partial charge in [0, 0.05) is 0 Å². The number of hydrogen-bond acceptors (Lipinski definition) is 3. The first kappa shape index (κ1) is 8.41. The molecule has 0 saturated carbocycles. The van der Waals surface area contributed by atoms with Gasteiger partial charge in [-0.2, -0.15) is 0 Å². The van der Waals surface area contributed by atoms with Gasteiger partial charge in [-0.1, -0.05) is 0 Å². The van der Waals surface area contributed by atoms with Gasteiger partial charge in [0.2, 0.25) is 5.91 Å². The fourth-order valence-electron chi connectivity index (χ4n) is 0.319. The van der Waals surface area contributed by atoms with E-state index in [1.54, 1.807) is 5.32 Å². The Morgan fingerprint density at radius 2 is 1.90 bits per heavy atom. The summed E-state index contributed by atoms with van der Waals surface area (Å²) in [6, 6.07) is -1.05. The standard InChI is InChI=1S/C4H6N2O4/c5-4(10)6-2(7)1-3(8)9/h1H2,(H,8,9)(H3,5,6,7,10). The molecular weight excluding hydrogens is 140 g/mol. The molecule has 0 unspecified atom stereocenters. The fraction of sp³-hybridized carbons (Fsp3) is 0.250. The van der Waals surface area contributed by atoms with E-state index in [4.69, 9.17) is 5.11 Å². The largest absolute Gasteiger partial charge is 0.481 e. The summed E-state index contributed by atoms with van der Waals surface area (Å²) in [6.45, 7) is 0. The summed E-state index contributed by atoms with van der Waals surface area (Å²) < 4.78 is 0. The molecular formula is C4H6N2O4. The van der Waals surface area contributed by atoms with E-state index < -0.39 is 24.3 Å². The summed E-state index contributed by atoms with van der Waals surface area (Å²) in [5.74, 6) is -2.22. The average Bonchev–Trinajstić information content (AvgIpc) is 1.58. The number of rotatable bonds is 2. The maximum Gasteiger partial charge on any atom is 0.318 e. The van der Waals surface area contributed by atoms with Crippen molar-refractivity contribution in [2.45, 2.75) is 6.42 Å². The summed E-state index contributed by atoms with van der Waals surface area (Å²) in [5.41, 5.74) is 4.51. The van der Waals surface area contributed by atoms with E-state index in [1.165, 1.54) is 0 Å². The van der Waals surface area contributed by atoms with Crippen LogP contribution in [0.15, 0.2) is 0 Å². The molecule has 0 radical (unpaired) electrons. The number of nitrogens with two attached hydrogens (primary N) is 1. The quantitative estimate of drug-likeness (QED) is 0.418. The second kappa shape index (κ2) is 3.44. The van der Waals surface area contributed by atoms with Crippen molar-refractivity contribution in [3.05, 3.63) is 0 Å². The van der Waals surface area contributed by atoms with Crippen LogP contribution < -0.4 is 11.1 Å². The van der Waals surface area contributed by atoms with Crippen molar-refractivity contribution in [2.75, 3.05) is 0 Å². The Bertz CT molecular complexity index is 158. The highest BCUT2D eigenvalue weighted by Crippen LogP contribution is 1.77. The Labute approximate surface area is 56.0 Å². The number of primary amides is 1. The van der Waals surface area contributed by atoms with Crippen molar-refractivity contribution >= 4 is 17.9 Å². The van der Waals surface area contributed by atoms with E-state index >= 15 is 0 Å². The zero-order valence-electron chi connectivity index (χ0n) is 4.96. The lowest BCUT2D eigenvalue weighted by molar-refractivity contribution is -0.140. The topological polar surface area (TPSA) is 109 Å². The fourth-order valence-corrected chi connectivity index (χ4v) is 0.319. The summed E-state index contributed by atoms with van der Waals surface area (Å²) in [7, 11) is 0. The van der Waals surface area contributed by atoms with Crippen LogP contribution in [-0.2, 0) is 9.59 Å². The van der Waals surface area contributed by atoms with Gasteiger partial charge >= 0.3 is 12.0 Å². The third-order valence-corrected chi connectivity index (χ3v) is 0.574. The van der Waals surface area contributed by atoms with Crippen LogP contribution in [0.1, 0.15) is 6.42 Å². The van der Waals surface area contributed by atoms with Gasteiger partial charge in [-0.05, 0) is 0 Å². The van der Waals surface area contributed by atoms with Gasteiger partial charge in [-0.25, -0.2) is 4.79 Å². The Hall–Kier alpha value is -1.59. The van der Waals surface area contributed by atoms with Crippen molar-refractivity contribution in [1.29, 1.82) is 0 Å². The van der Waals surface area contributed by atoms with Crippen LogP contribution in [0.25, 0.3) is 0 Å². The lowest BCUT2D eigenvalue weighted by atomic mass is 10.4. The third kappa shape index (κ3) is 4.57. The number of carbonyl (C=O) groups is 3. The first-order chi connectivity index (χ1) is 4.52. The third-order valence-electron chi connectivity index (χ3n) is 0.574. The molecule has 0 aromatic rings. The van der Waals surface area contributed by atoms with E-state index in [0.717, 1.165) is 0 Å². The number of aliphatic carboxylic acids is 1. The molecule has 6 nitrogen and oxygen atoms in total. The number of hydrogen-bond donors (Lipinski definition) is 3. The number of nitrogens with one attached hydrogen (secondary N) is 1. The first-order valence-electron chi connectivity index (χ1n) is 2.33. The second-order valence-corrected chi connectivity index (χ2v) is 1.48. The van der Waals surface area contributed by atoms with Crippen LogP contribution in [0, 0.1) is 0 Å². The summed E-state index contributed by atoms with van der Waals surface area (Å²) in [6.07, 6.45) is -0.747. The molecule has 0 heterocycles. The number of amides is 3. The van der Waals surface area contributed by atoms with Gasteiger partial charge in [0.1, 0.15) is 6.42 Å². The highest BCUT2D eigenvalue weighted by Gasteiger charge is 2.07. The molecule has 0 fully saturated rings. The Morgan fingerprint density at radius 1 is 1.40 bits per heavy atom. The minimum atomic E-state index is -1.31. The van der Waals surface area contributed by atoms with Crippen LogP contribution in [0.4, 0.5) is 4.79 Å². The monoisotopic (exact) mass is 146 g/mol. The summed E-state index contributed by atoms with van der Waals surface area (Å²) in [5, 5.41) is 9.58. The molecule has 3 amide bonds. The Morgan fingerprint density at radius 3 is 2.20 bits per heavy atom. The molecule has 0 aliphatic carbocycles. The van der Waals surface area contributed by atoms with Crippen molar-refractivity contribution in [3.63, 3.8) is 0 Å². The van der Waals surface area contributed by atoms with E-state index in [2.05, 4.69) is 5.73 Å². The summed E-state index contributed by atoms with van der Waals surface area (Å²) in [4.78, 5) is 29.9. The van der Waals surface area contributed by atoms with Gasteiger partial charge in [0.15, 0.2) is 0 Å². The van der Waals surface area contributed by atoms with Crippen molar-refractivity contribution in [2.24, 2.45) is 5.73 Å². The van der Waals surface area contributed by atoms with Crippen molar-refractivity contribution in [1.82, 2.24) is 5.32 Å². The molecule has 0 aliphatic heterocycles. The molecule has 56 valence electrons. The summed E-state index contributed by atoms with van der Waals surface area (Å²) >= 11 is 0. The average molecular weight is 146 g/mol. The molecule has 10 heavy (non-hydrogen) atoms. The van der Waals surface area contributed by atoms with Gasteiger partial charge < -0.3 is 10.8 Å². The smallest absolute Gasteiger partial charge is 0.318 e. The van der Waals surface area contributed by atoms with Crippen LogP contribution in [0.2, 0.25) is 0 Å². The van der Waals surface area contributed by atoms with E-state index in [9.17, 15) is 14.4 Å². The lowest BCUT2D eigenvalue weighted by Crippen LogP contribution is -2.35. The molecule has 0 atom stereocenters. The van der Waals surface area contributed by atoms with Gasteiger partial charge in [-0.15, -0.1) is 0 Å². The molecule has 0 aromatic heterocycles. The lowest BCUT2D eigenvalue weighted by Gasteiger charge is -1.94. The number of carboxylic acid groups (broad SMARTS) is 1. The van der Waals surface area contributed by atoms with E-state index in [-0.39, 0.29) is 0 Å². The second-order valence-electron chi connectivity index (χ2n) is 1.48. The van der Waals surface area contributed by atoms with E-state index in [1.807, 2.05) is 0 Å². The zero-order valence-corrected chi connectivity index (χ0v) is 4.96. The van der Waals surface area contributed by atoms with Crippen molar-refractivity contribution in [3.8, 4) is 0 Å². The number of carboxylic acids is 1. The highest BCUT2D eigenvalue weighted by atomic mass is 16.4. The molecule has 0 spiro atoms. The number of imide groups is 1. The number of carbonyl (C=O) groups excluding carboxylic acids is 2. The molecule has 0 aromatic carbocycles. The van der Waals surface area contributed by atoms with E-state index in [0.29, 0.717) is 0 Å². The number of urea groups is 1. The minimum Gasteiger partial charge on any atom is -0.481 e. The molecule has 0 bridgehead atoms. The Balaban J connectivity index is 3.65. The minimum absolute atomic E-state index is 0.747. The molecule has 0 saturated heterocycles. The van der Waals surface area contributed by atoms with Crippen LogP contribution in [0.3, 0.4) is 0 Å². The molecule has 0 aliphatic rings. The maximum absolute atomic E-state index is 10.3. The molecule has 6 heteroatoms. The SMILES string of the molecule is NC(=O)NC(=O)CC(=O)O. The molecule has 4 N–H and O–H groups in total. The van der Waals surface area contributed by atoms with Gasteiger partial charge in [0.05, 0.1) is 0 Å². The predicted octanol–water partition coefficient (Wildman–Crippen LogP) is -1.34.